The van der Waals surface area contributed by atoms with E-state index in [2.05, 4.69) is 35.1 Å². The van der Waals surface area contributed by atoms with Crippen LogP contribution in [0, 0.1) is 0 Å². The summed E-state index contributed by atoms with van der Waals surface area (Å²) in [5, 5.41) is 7.79. The fourth-order valence-electron chi connectivity index (χ4n) is 2.23. The molecule has 8 heteroatoms. The Morgan fingerprint density at radius 2 is 1.85 bits per heavy atom. The number of hydrogen-bond donors (Lipinski definition) is 2. The first-order valence-electron chi connectivity index (χ1n) is 8.02. The molecule has 0 aromatic heterocycles. The highest BCUT2D eigenvalue weighted by atomic mass is 79.9. The summed E-state index contributed by atoms with van der Waals surface area (Å²) in [6.07, 6.45) is 0. The summed E-state index contributed by atoms with van der Waals surface area (Å²) in [5.41, 5.74) is 1.42. The van der Waals surface area contributed by atoms with Gasteiger partial charge >= 0.3 is 0 Å². The number of amides is 1. The molecule has 0 aliphatic rings. The maximum absolute atomic E-state index is 12.2. The zero-order valence-electron chi connectivity index (χ0n) is 14.5. The molecule has 0 unspecified atom stereocenters. The van der Waals surface area contributed by atoms with E-state index in [1.165, 1.54) is 23.8 Å². The van der Waals surface area contributed by atoms with Gasteiger partial charge in [0.1, 0.15) is 12.4 Å². The summed E-state index contributed by atoms with van der Waals surface area (Å²) in [5.74, 6) is 0.761. The average molecular weight is 441 g/mol. The second-order valence-corrected chi connectivity index (χ2v) is 8.43. The van der Waals surface area contributed by atoms with Crippen molar-refractivity contribution in [1.29, 1.82) is 0 Å². The minimum absolute atomic E-state index is 0.118. The van der Waals surface area contributed by atoms with Crippen LogP contribution in [0.25, 0.3) is 0 Å². The predicted molar refractivity (Wildman–Crippen MR) is 104 cm³/mol. The van der Waals surface area contributed by atoms with Crippen molar-refractivity contribution in [1.82, 2.24) is 5.32 Å². The van der Waals surface area contributed by atoms with Gasteiger partial charge < -0.3 is 10.1 Å². The highest BCUT2D eigenvalue weighted by molar-refractivity contribution is 9.10. The summed E-state index contributed by atoms with van der Waals surface area (Å²) >= 11 is 3.23. The molecule has 2 aromatic rings. The number of nitrogens with one attached hydrogen (secondary N) is 1. The first kappa shape index (κ1) is 20.4. The van der Waals surface area contributed by atoms with E-state index in [-0.39, 0.29) is 17.0 Å². The van der Waals surface area contributed by atoms with Crippen molar-refractivity contribution in [2.75, 3.05) is 13.2 Å². The van der Waals surface area contributed by atoms with E-state index in [0.717, 1.165) is 5.75 Å². The Labute approximate surface area is 161 Å². The number of carbonyl (C=O) groups excluding carboxylic acids is 1. The van der Waals surface area contributed by atoms with Crippen LogP contribution in [0.2, 0.25) is 0 Å². The van der Waals surface area contributed by atoms with E-state index in [0.29, 0.717) is 17.0 Å². The summed E-state index contributed by atoms with van der Waals surface area (Å²) < 4.78 is 28.9. The third-order valence-electron chi connectivity index (χ3n) is 3.71. The van der Waals surface area contributed by atoms with E-state index in [1.54, 1.807) is 0 Å². The van der Waals surface area contributed by atoms with Crippen LogP contribution in [0.4, 0.5) is 0 Å². The smallest absolute Gasteiger partial charge is 0.252 e. The van der Waals surface area contributed by atoms with Crippen molar-refractivity contribution in [3.8, 4) is 5.75 Å². The Bertz CT molecular complexity index is 881. The van der Waals surface area contributed by atoms with Crippen molar-refractivity contribution >= 4 is 31.9 Å². The Morgan fingerprint density at radius 3 is 2.42 bits per heavy atom. The predicted octanol–water partition coefficient (Wildman–Crippen LogP) is 3.03. The van der Waals surface area contributed by atoms with Gasteiger partial charge in [-0.15, -0.1) is 0 Å². The lowest BCUT2D eigenvalue weighted by atomic mass is 10.0. The van der Waals surface area contributed by atoms with Gasteiger partial charge in [0.25, 0.3) is 5.91 Å². The topological polar surface area (TPSA) is 98.5 Å². The lowest BCUT2D eigenvalue weighted by Crippen LogP contribution is -2.28. The third kappa shape index (κ3) is 5.55. The van der Waals surface area contributed by atoms with Gasteiger partial charge in [0.2, 0.25) is 10.0 Å². The molecule has 3 N–H and O–H groups in total. The van der Waals surface area contributed by atoms with Crippen LogP contribution in [0.15, 0.2) is 51.8 Å². The van der Waals surface area contributed by atoms with E-state index in [1.807, 2.05) is 24.3 Å². The van der Waals surface area contributed by atoms with Gasteiger partial charge in [-0.05, 0) is 57.7 Å². The van der Waals surface area contributed by atoms with Crippen LogP contribution in [0.3, 0.4) is 0 Å². The van der Waals surface area contributed by atoms with Gasteiger partial charge in [0, 0.05) is 4.47 Å². The van der Waals surface area contributed by atoms with Gasteiger partial charge in [0.15, 0.2) is 0 Å². The quantitative estimate of drug-likeness (QED) is 0.646. The Kier molecular flexibility index (Phi) is 6.80. The molecule has 1 amide bonds. The van der Waals surface area contributed by atoms with E-state index in [4.69, 9.17) is 9.88 Å². The van der Waals surface area contributed by atoms with Crippen LogP contribution >= 0.6 is 15.9 Å². The van der Waals surface area contributed by atoms with Crippen LogP contribution in [-0.2, 0) is 10.0 Å². The van der Waals surface area contributed by atoms with E-state index in [9.17, 15) is 13.2 Å². The zero-order chi connectivity index (χ0) is 19.3. The monoisotopic (exact) mass is 440 g/mol. The number of sulfonamides is 1. The molecule has 0 saturated heterocycles. The number of nitrogens with two attached hydrogens (primary N) is 1. The number of ether oxygens (including phenoxy) is 1. The molecule has 0 bridgehead atoms. The number of hydrogen-bond acceptors (Lipinski definition) is 4. The molecule has 26 heavy (non-hydrogen) atoms. The lowest BCUT2D eigenvalue weighted by Gasteiger charge is -2.11. The molecule has 0 atom stereocenters. The van der Waals surface area contributed by atoms with Crippen molar-refractivity contribution in [3.05, 3.63) is 58.1 Å². The Morgan fingerprint density at radius 1 is 1.19 bits per heavy atom. The number of benzene rings is 2. The second-order valence-electron chi connectivity index (χ2n) is 6.01. The SMILES string of the molecule is CC(C)c1ccc(OCCNC(=O)c2cc(S(N)(=O)=O)ccc2Br)cc1. The second kappa shape index (κ2) is 8.66. The number of halogens is 1. The molecular weight excluding hydrogens is 420 g/mol. The average Bonchev–Trinajstić information content (AvgIpc) is 2.58. The van der Waals surface area contributed by atoms with Crippen molar-refractivity contribution in [3.63, 3.8) is 0 Å². The van der Waals surface area contributed by atoms with E-state index < -0.39 is 15.9 Å². The molecule has 0 fully saturated rings. The maximum atomic E-state index is 12.2. The molecule has 2 aromatic carbocycles. The molecule has 2 rings (SSSR count). The number of rotatable bonds is 7. The standard InChI is InChI=1S/C18H21BrN2O4S/c1-12(2)13-3-5-14(6-4-13)25-10-9-21-18(22)16-11-15(26(20,23)24)7-8-17(16)19/h3-8,11-12H,9-10H2,1-2H3,(H,21,22)(H2,20,23,24). The minimum Gasteiger partial charge on any atom is -0.492 e. The normalized spacial score (nSPS) is 11.4. The molecule has 6 nitrogen and oxygen atoms in total. The highest BCUT2D eigenvalue weighted by Gasteiger charge is 2.15. The molecule has 0 radical (unpaired) electrons. The maximum Gasteiger partial charge on any atom is 0.252 e. The van der Waals surface area contributed by atoms with E-state index >= 15 is 0 Å². The number of primary sulfonamides is 1. The van der Waals surface area contributed by atoms with Crippen molar-refractivity contribution in [2.45, 2.75) is 24.7 Å². The molecule has 0 heterocycles. The molecule has 0 aliphatic carbocycles. The fraction of sp³-hybridized carbons (Fsp3) is 0.278. The molecule has 0 aliphatic heterocycles. The van der Waals surface area contributed by atoms with Gasteiger partial charge in [-0.2, -0.15) is 0 Å². The molecule has 0 saturated carbocycles. The first-order valence-corrected chi connectivity index (χ1v) is 10.4. The van der Waals surface area contributed by atoms with Crippen LogP contribution in [0.1, 0.15) is 35.7 Å². The van der Waals surface area contributed by atoms with Crippen LogP contribution in [-0.4, -0.2) is 27.5 Å². The third-order valence-corrected chi connectivity index (χ3v) is 5.32. The van der Waals surface area contributed by atoms with Gasteiger partial charge in [-0.3, -0.25) is 4.79 Å². The Hall–Kier alpha value is -1.90. The summed E-state index contributed by atoms with van der Waals surface area (Å²) in [4.78, 5) is 12.1. The van der Waals surface area contributed by atoms with Gasteiger partial charge in [0.05, 0.1) is 17.0 Å². The summed E-state index contributed by atoms with van der Waals surface area (Å²) in [6, 6.07) is 11.8. The Balaban J connectivity index is 1.91. The largest absolute Gasteiger partial charge is 0.492 e. The van der Waals surface area contributed by atoms with Gasteiger partial charge in [-0.25, -0.2) is 13.6 Å². The van der Waals surface area contributed by atoms with Crippen LogP contribution in [0.5, 0.6) is 5.75 Å². The molecular formula is C18H21BrN2O4S. The molecule has 140 valence electrons. The zero-order valence-corrected chi connectivity index (χ0v) is 16.9. The first-order chi connectivity index (χ1) is 12.2. The van der Waals surface area contributed by atoms with Crippen LogP contribution < -0.4 is 15.2 Å². The van der Waals surface area contributed by atoms with Crippen molar-refractivity contribution < 1.29 is 17.9 Å². The highest BCUT2D eigenvalue weighted by Crippen LogP contribution is 2.21. The fourth-order valence-corrected chi connectivity index (χ4v) is 3.20. The van der Waals surface area contributed by atoms with Gasteiger partial charge in [-0.1, -0.05) is 26.0 Å². The lowest BCUT2D eigenvalue weighted by molar-refractivity contribution is 0.0946. The molecule has 0 spiro atoms. The number of carbonyl (C=O) groups is 1. The van der Waals surface area contributed by atoms with Crippen molar-refractivity contribution in [2.24, 2.45) is 5.14 Å². The summed E-state index contributed by atoms with van der Waals surface area (Å²) in [6.45, 7) is 4.80. The minimum atomic E-state index is -3.87. The summed E-state index contributed by atoms with van der Waals surface area (Å²) in [7, 11) is -3.87.